The van der Waals surface area contributed by atoms with E-state index in [1.807, 2.05) is 6.92 Å². The Morgan fingerprint density at radius 3 is 2.45 bits per heavy atom. The molecule has 0 heterocycles. The summed E-state index contributed by atoms with van der Waals surface area (Å²) in [5.74, 6) is -1.29. The Morgan fingerprint density at radius 2 is 1.90 bits per heavy atom. The van der Waals surface area contributed by atoms with Crippen molar-refractivity contribution in [2.75, 3.05) is 25.1 Å². The smallest absolute Gasteiger partial charge is 0.335 e. The van der Waals surface area contributed by atoms with E-state index in [0.717, 1.165) is 0 Å². The molecule has 0 aliphatic heterocycles. The lowest BCUT2D eigenvalue weighted by molar-refractivity contribution is -0.127. The molecule has 0 saturated heterocycles. The van der Waals surface area contributed by atoms with Crippen molar-refractivity contribution in [3.63, 3.8) is 0 Å². The highest BCUT2D eigenvalue weighted by Gasteiger charge is 2.13. The summed E-state index contributed by atoms with van der Waals surface area (Å²) in [7, 11) is 0. The van der Waals surface area contributed by atoms with Crippen LogP contribution in [0.3, 0.4) is 0 Å². The van der Waals surface area contributed by atoms with Crippen LogP contribution in [0.1, 0.15) is 24.2 Å². The van der Waals surface area contributed by atoms with Gasteiger partial charge < -0.3 is 19.9 Å². The van der Waals surface area contributed by atoms with Crippen LogP contribution in [0.25, 0.3) is 0 Å². The lowest BCUT2D eigenvalue weighted by Crippen LogP contribution is -2.28. The summed E-state index contributed by atoms with van der Waals surface area (Å²) in [4.78, 5) is 22.5. The zero-order chi connectivity index (χ0) is 15.0. The number of carbonyl (C=O) groups is 2. The third-order valence-electron chi connectivity index (χ3n) is 2.57. The van der Waals surface area contributed by atoms with Crippen LogP contribution in [-0.4, -0.2) is 42.9 Å². The molecule has 0 saturated carbocycles. The fraction of sp³-hybridized carbons (Fsp3) is 0.429. The first-order valence-electron chi connectivity index (χ1n) is 6.38. The van der Waals surface area contributed by atoms with E-state index in [0.29, 0.717) is 25.5 Å². The van der Waals surface area contributed by atoms with Crippen molar-refractivity contribution < 1.29 is 24.2 Å². The average Bonchev–Trinajstić information content (AvgIpc) is 2.44. The molecule has 0 bridgehead atoms. The topological polar surface area (TPSA) is 84.9 Å². The monoisotopic (exact) mass is 281 g/mol. The molecule has 0 spiro atoms. The Bertz CT molecular complexity index is 443. The van der Waals surface area contributed by atoms with Gasteiger partial charge in [0.2, 0.25) is 0 Å². The van der Waals surface area contributed by atoms with Crippen molar-refractivity contribution in [3.8, 4) is 0 Å². The number of amides is 1. The minimum Gasteiger partial charge on any atom is -0.478 e. The van der Waals surface area contributed by atoms with Crippen molar-refractivity contribution >= 4 is 17.6 Å². The van der Waals surface area contributed by atoms with Crippen LogP contribution in [0.4, 0.5) is 5.69 Å². The molecule has 0 aliphatic carbocycles. The Labute approximate surface area is 117 Å². The number of hydrogen-bond acceptors (Lipinski definition) is 4. The van der Waals surface area contributed by atoms with Gasteiger partial charge in [0, 0.05) is 12.3 Å². The van der Waals surface area contributed by atoms with Gasteiger partial charge in [0.05, 0.1) is 18.8 Å². The molecule has 0 aliphatic rings. The molecule has 1 aromatic rings. The number of carboxylic acids is 1. The molecule has 1 atom stereocenters. The lowest BCUT2D eigenvalue weighted by Gasteiger charge is -2.13. The molecule has 0 fully saturated rings. The zero-order valence-electron chi connectivity index (χ0n) is 11.6. The van der Waals surface area contributed by atoms with Crippen LogP contribution in [-0.2, 0) is 14.3 Å². The largest absolute Gasteiger partial charge is 0.478 e. The van der Waals surface area contributed by atoms with Gasteiger partial charge >= 0.3 is 5.97 Å². The fourth-order valence-electron chi connectivity index (χ4n) is 1.44. The Balaban J connectivity index is 2.42. The molecule has 110 valence electrons. The second kappa shape index (κ2) is 8.29. The molecule has 1 rings (SSSR count). The van der Waals surface area contributed by atoms with Crippen molar-refractivity contribution in [2.24, 2.45) is 0 Å². The van der Waals surface area contributed by atoms with Gasteiger partial charge in [-0.1, -0.05) is 0 Å². The number of aromatic carboxylic acids is 1. The molecule has 2 N–H and O–H groups in total. The highest BCUT2D eigenvalue weighted by molar-refractivity contribution is 5.94. The molecule has 1 aromatic carbocycles. The van der Waals surface area contributed by atoms with Gasteiger partial charge in [-0.3, -0.25) is 4.79 Å². The predicted molar refractivity (Wildman–Crippen MR) is 73.9 cm³/mol. The van der Waals surface area contributed by atoms with E-state index in [9.17, 15) is 9.59 Å². The number of anilines is 1. The van der Waals surface area contributed by atoms with Gasteiger partial charge in [-0.2, -0.15) is 0 Å². The number of ether oxygens (including phenoxy) is 2. The molecule has 6 heteroatoms. The summed E-state index contributed by atoms with van der Waals surface area (Å²) in [6.07, 6.45) is -0.602. The van der Waals surface area contributed by atoms with Crippen LogP contribution in [0.2, 0.25) is 0 Å². The number of hydrogen-bond donors (Lipinski definition) is 2. The fourth-order valence-corrected chi connectivity index (χ4v) is 1.44. The molecule has 20 heavy (non-hydrogen) atoms. The van der Waals surface area contributed by atoms with Gasteiger partial charge in [0.1, 0.15) is 6.10 Å². The summed E-state index contributed by atoms with van der Waals surface area (Å²) in [6, 6.07) is 5.93. The van der Waals surface area contributed by atoms with Gasteiger partial charge in [-0.25, -0.2) is 4.79 Å². The number of rotatable bonds is 8. The van der Waals surface area contributed by atoms with Crippen molar-refractivity contribution in [2.45, 2.75) is 20.0 Å². The van der Waals surface area contributed by atoms with E-state index in [2.05, 4.69) is 5.32 Å². The molecular weight excluding hydrogens is 262 g/mol. The maximum Gasteiger partial charge on any atom is 0.335 e. The van der Waals surface area contributed by atoms with E-state index in [-0.39, 0.29) is 11.5 Å². The van der Waals surface area contributed by atoms with Crippen molar-refractivity contribution in [3.05, 3.63) is 29.8 Å². The highest BCUT2D eigenvalue weighted by atomic mass is 16.5. The predicted octanol–water partition coefficient (Wildman–Crippen LogP) is 1.76. The summed E-state index contributed by atoms with van der Waals surface area (Å²) in [6.45, 7) is 4.94. The Kier molecular flexibility index (Phi) is 6.69. The van der Waals surface area contributed by atoms with Crippen LogP contribution in [0.15, 0.2) is 24.3 Å². The molecule has 1 amide bonds. The molecule has 6 nitrogen and oxygen atoms in total. The van der Waals surface area contributed by atoms with E-state index in [1.54, 1.807) is 6.92 Å². The second-order valence-corrected chi connectivity index (χ2v) is 4.08. The van der Waals surface area contributed by atoms with Crippen LogP contribution in [0, 0.1) is 0 Å². The van der Waals surface area contributed by atoms with E-state index in [1.165, 1.54) is 24.3 Å². The Morgan fingerprint density at radius 1 is 1.25 bits per heavy atom. The number of carbonyl (C=O) groups excluding carboxylic acids is 1. The molecule has 0 radical (unpaired) electrons. The summed E-state index contributed by atoms with van der Waals surface area (Å²) in [5, 5.41) is 11.4. The normalized spacial score (nSPS) is 11.9. The van der Waals surface area contributed by atoms with Gasteiger partial charge in [-0.05, 0) is 38.1 Å². The van der Waals surface area contributed by atoms with E-state index < -0.39 is 12.1 Å². The van der Waals surface area contributed by atoms with Crippen molar-refractivity contribution in [1.29, 1.82) is 0 Å². The molecular formula is C14H19NO5. The maximum absolute atomic E-state index is 11.8. The SMILES string of the molecule is CCOCCOC(C)C(=O)Nc1ccc(C(=O)O)cc1. The first-order chi connectivity index (χ1) is 9.54. The maximum atomic E-state index is 11.8. The third-order valence-corrected chi connectivity index (χ3v) is 2.57. The minimum atomic E-state index is -1.00. The Hall–Kier alpha value is -1.92. The van der Waals surface area contributed by atoms with Gasteiger partial charge in [-0.15, -0.1) is 0 Å². The molecule has 0 aromatic heterocycles. The summed E-state index contributed by atoms with van der Waals surface area (Å²) < 4.78 is 10.4. The van der Waals surface area contributed by atoms with Gasteiger partial charge in [0.25, 0.3) is 5.91 Å². The van der Waals surface area contributed by atoms with Crippen molar-refractivity contribution in [1.82, 2.24) is 0 Å². The number of carboxylic acid groups (broad SMARTS) is 1. The standard InChI is InChI=1S/C14H19NO5/c1-3-19-8-9-20-10(2)13(16)15-12-6-4-11(5-7-12)14(17)18/h4-7,10H,3,8-9H2,1-2H3,(H,15,16)(H,17,18). The third kappa shape index (κ3) is 5.38. The zero-order valence-corrected chi connectivity index (χ0v) is 11.6. The van der Waals surface area contributed by atoms with Crippen LogP contribution < -0.4 is 5.32 Å². The van der Waals surface area contributed by atoms with E-state index in [4.69, 9.17) is 14.6 Å². The lowest BCUT2D eigenvalue weighted by atomic mass is 10.2. The number of benzene rings is 1. The first-order valence-corrected chi connectivity index (χ1v) is 6.38. The quantitative estimate of drug-likeness (QED) is 0.709. The average molecular weight is 281 g/mol. The minimum absolute atomic E-state index is 0.170. The summed E-state index contributed by atoms with van der Waals surface area (Å²) in [5.41, 5.74) is 0.698. The summed E-state index contributed by atoms with van der Waals surface area (Å²) >= 11 is 0. The number of nitrogens with one attached hydrogen (secondary N) is 1. The van der Waals surface area contributed by atoms with Gasteiger partial charge in [0.15, 0.2) is 0 Å². The van der Waals surface area contributed by atoms with Crippen LogP contribution >= 0.6 is 0 Å². The first kappa shape index (κ1) is 16.1. The second-order valence-electron chi connectivity index (χ2n) is 4.08. The van der Waals surface area contributed by atoms with E-state index >= 15 is 0 Å². The van der Waals surface area contributed by atoms with Crippen LogP contribution in [0.5, 0.6) is 0 Å². The highest BCUT2D eigenvalue weighted by Crippen LogP contribution is 2.10. The molecule has 1 unspecified atom stereocenters.